The number of tetrazole rings is 1. The first-order chi connectivity index (χ1) is 16.7. The molecular weight excluding hydrogens is 430 g/mol. The molecule has 0 amide bonds. The van der Waals surface area contributed by atoms with Crippen molar-refractivity contribution in [2.45, 2.75) is 12.6 Å². The Morgan fingerprint density at radius 1 is 0.971 bits per heavy atom. The van der Waals surface area contributed by atoms with Crippen LogP contribution in [0.15, 0.2) is 73.1 Å². The summed E-state index contributed by atoms with van der Waals surface area (Å²) in [5, 5.41) is 22.4. The van der Waals surface area contributed by atoms with Gasteiger partial charge in [0.1, 0.15) is 11.5 Å². The third kappa shape index (κ3) is 4.69. The van der Waals surface area contributed by atoms with Gasteiger partial charge < -0.3 is 14.7 Å². The van der Waals surface area contributed by atoms with Crippen molar-refractivity contribution in [2.24, 2.45) is 0 Å². The van der Waals surface area contributed by atoms with Crippen molar-refractivity contribution in [1.82, 2.24) is 30.1 Å². The van der Waals surface area contributed by atoms with Crippen LogP contribution in [-0.2, 0) is 6.54 Å². The molecular formula is C25H27N7O2. The van der Waals surface area contributed by atoms with E-state index in [-0.39, 0.29) is 11.8 Å². The zero-order valence-electron chi connectivity index (χ0n) is 19.0. The summed E-state index contributed by atoms with van der Waals surface area (Å²) in [6.07, 6.45) is 3.67. The highest BCUT2D eigenvalue weighted by Crippen LogP contribution is 2.29. The van der Waals surface area contributed by atoms with Crippen LogP contribution in [0.4, 0.5) is 5.69 Å². The summed E-state index contributed by atoms with van der Waals surface area (Å²) in [6, 6.07) is 19.2. The van der Waals surface area contributed by atoms with Gasteiger partial charge >= 0.3 is 0 Å². The number of phenols is 1. The average molecular weight is 458 g/mol. The summed E-state index contributed by atoms with van der Waals surface area (Å²) in [4.78, 5) is 9.10. The standard InChI is InChI=1S/C25H27N7O2/c1-34-23-10-4-19(5-11-23)18-32-25(27-28-29-32)24(20-3-2-12-26-17-20)31-15-13-30(14-16-31)21-6-8-22(33)9-7-21/h2-12,17,24,33H,13-16,18H2,1H3/t24-/m0/s1. The van der Waals surface area contributed by atoms with Gasteiger partial charge in [-0.2, -0.15) is 0 Å². The van der Waals surface area contributed by atoms with Crippen molar-refractivity contribution < 1.29 is 9.84 Å². The van der Waals surface area contributed by atoms with Crippen molar-refractivity contribution in [3.8, 4) is 11.5 Å². The van der Waals surface area contributed by atoms with Gasteiger partial charge in [-0.25, -0.2) is 4.68 Å². The fraction of sp³-hybridized carbons (Fsp3) is 0.280. The number of phenolic OH excluding ortho intramolecular Hbond substituents is 1. The summed E-state index contributed by atoms with van der Waals surface area (Å²) in [5.41, 5.74) is 3.27. The molecule has 174 valence electrons. The number of pyridine rings is 1. The summed E-state index contributed by atoms with van der Waals surface area (Å²) >= 11 is 0. The van der Waals surface area contributed by atoms with Crippen LogP contribution in [-0.4, -0.2) is 68.5 Å². The number of benzene rings is 2. The predicted octanol–water partition coefficient (Wildman–Crippen LogP) is 2.74. The Bertz CT molecular complexity index is 1190. The van der Waals surface area contributed by atoms with Crippen molar-refractivity contribution >= 4 is 5.69 Å². The molecule has 4 aromatic rings. The Hall–Kier alpha value is -3.98. The molecule has 0 aliphatic carbocycles. The molecule has 9 heteroatoms. The molecule has 2 aromatic carbocycles. The number of hydrogen-bond acceptors (Lipinski definition) is 8. The van der Waals surface area contributed by atoms with Crippen LogP contribution in [0.5, 0.6) is 11.5 Å². The molecule has 1 fully saturated rings. The quantitative estimate of drug-likeness (QED) is 0.453. The molecule has 0 bridgehead atoms. The molecule has 1 aliphatic heterocycles. The van der Waals surface area contributed by atoms with Crippen LogP contribution in [0.1, 0.15) is 23.0 Å². The van der Waals surface area contributed by atoms with Crippen molar-refractivity contribution in [1.29, 1.82) is 0 Å². The lowest BCUT2D eigenvalue weighted by molar-refractivity contribution is 0.201. The van der Waals surface area contributed by atoms with Crippen LogP contribution < -0.4 is 9.64 Å². The zero-order chi connectivity index (χ0) is 23.3. The van der Waals surface area contributed by atoms with E-state index >= 15 is 0 Å². The van der Waals surface area contributed by atoms with E-state index in [1.165, 1.54) is 0 Å². The third-order valence-electron chi connectivity index (χ3n) is 6.19. The summed E-state index contributed by atoms with van der Waals surface area (Å²) in [5.74, 6) is 1.89. The highest BCUT2D eigenvalue weighted by molar-refractivity contribution is 5.49. The molecule has 0 saturated carbocycles. The van der Waals surface area contributed by atoms with E-state index in [4.69, 9.17) is 4.74 Å². The van der Waals surface area contributed by atoms with Gasteiger partial charge in [0.2, 0.25) is 0 Å². The number of piperazine rings is 1. The van der Waals surface area contributed by atoms with Crippen molar-refractivity contribution in [2.75, 3.05) is 38.2 Å². The highest BCUT2D eigenvalue weighted by atomic mass is 16.5. The summed E-state index contributed by atoms with van der Waals surface area (Å²) < 4.78 is 7.14. The zero-order valence-corrected chi connectivity index (χ0v) is 19.0. The highest BCUT2D eigenvalue weighted by Gasteiger charge is 2.31. The van der Waals surface area contributed by atoms with Crippen LogP contribution >= 0.6 is 0 Å². The number of rotatable bonds is 7. The molecule has 9 nitrogen and oxygen atoms in total. The molecule has 3 heterocycles. The Morgan fingerprint density at radius 3 is 2.41 bits per heavy atom. The SMILES string of the molecule is COc1ccc(Cn2nnnc2[C@H](c2cccnc2)N2CCN(c3ccc(O)cc3)CC2)cc1. The van der Waals surface area contributed by atoms with Gasteiger partial charge in [-0.15, -0.1) is 5.10 Å². The monoisotopic (exact) mass is 457 g/mol. The van der Waals surface area contributed by atoms with Crippen molar-refractivity contribution in [3.05, 3.63) is 90.0 Å². The number of ether oxygens (including phenoxy) is 1. The molecule has 1 aliphatic rings. The van der Waals surface area contributed by atoms with Crippen molar-refractivity contribution in [3.63, 3.8) is 0 Å². The number of nitrogens with zero attached hydrogens (tertiary/aromatic N) is 7. The molecule has 0 spiro atoms. The van der Waals surface area contributed by atoms with Gasteiger partial charge in [0.05, 0.1) is 19.7 Å². The molecule has 0 radical (unpaired) electrons. The van der Waals surface area contributed by atoms with E-state index in [1.807, 2.05) is 53.3 Å². The molecule has 2 aromatic heterocycles. The van der Waals surface area contributed by atoms with E-state index in [2.05, 4.69) is 36.4 Å². The van der Waals surface area contributed by atoms with E-state index in [0.717, 1.165) is 54.6 Å². The molecule has 1 saturated heterocycles. The number of anilines is 1. The number of aromatic nitrogens is 5. The topological polar surface area (TPSA) is 92.4 Å². The summed E-state index contributed by atoms with van der Waals surface area (Å²) in [6.45, 7) is 3.98. The average Bonchev–Trinajstić information content (AvgIpc) is 3.34. The second kappa shape index (κ2) is 9.88. The molecule has 5 rings (SSSR count). The van der Waals surface area contributed by atoms with Gasteiger partial charge in [0, 0.05) is 44.3 Å². The van der Waals surface area contributed by atoms with Gasteiger partial charge in [0.15, 0.2) is 5.82 Å². The summed E-state index contributed by atoms with van der Waals surface area (Å²) in [7, 11) is 1.66. The maximum Gasteiger partial charge on any atom is 0.173 e. The van der Waals surface area contributed by atoms with Gasteiger partial charge in [0.25, 0.3) is 0 Å². The fourth-order valence-electron chi connectivity index (χ4n) is 4.39. The van der Waals surface area contributed by atoms with Crippen LogP contribution in [0.25, 0.3) is 0 Å². The second-order valence-electron chi connectivity index (χ2n) is 8.27. The first-order valence-corrected chi connectivity index (χ1v) is 11.3. The van der Waals surface area contributed by atoms with Crippen LogP contribution in [0.2, 0.25) is 0 Å². The molecule has 1 N–H and O–H groups in total. The van der Waals surface area contributed by atoms with Crippen LogP contribution in [0.3, 0.4) is 0 Å². The van der Waals surface area contributed by atoms with Crippen LogP contribution in [0, 0.1) is 0 Å². The van der Waals surface area contributed by atoms with E-state index in [0.29, 0.717) is 6.54 Å². The second-order valence-corrected chi connectivity index (χ2v) is 8.27. The maximum atomic E-state index is 9.60. The Morgan fingerprint density at radius 2 is 1.74 bits per heavy atom. The van der Waals surface area contributed by atoms with E-state index in [9.17, 15) is 5.11 Å². The molecule has 34 heavy (non-hydrogen) atoms. The smallest absolute Gasteiger partial charge is 0.173 e. The Balaban J connectivity index is 1.39. The normalized spacial score (nSPS) is 15.3. The number of hydrogen-bond donors (Lipinski definition) is 1. The lowest BCUT2D eigenvalue weighted by atomic mass is 10.0. The van der Waals surface area contributed by atoms with Gasteiger partial charge in [-0.05, 0) is 64.0 Å². The Labute approximate surface area is 198 Å². The van der Waals surface area contributed by atoms with E-state index in [1.54, 1.807) is 25.4 Å². The molecule has 1 atom stereocenters. The lowest BCUT2D eigenvalue weighted by Gasteiger charge is -2.39. The minimum atomic E-state index is -0.107. The van der Waals surface area contributed by atoms with Gasteiger partial charge in [-0.1, -0.05) is 18.2 Å². The lowest BCUT2D eigenvalue weighted by Crippen LogP contribution is -2.48. The maximum absolute atomic E-state index is 9.60. The predicted molar refractivity (Wildman–Crippen MR) is 128 cm³/mol. The van der Waals surface area contributed by atoms with Gasteiger partial charge in [-0.3, -0.25) is 9.88 Å². The Kier molecular flexibility index (Phi) is 6.35. The first kappa shape index (κ1) is 21.8. The fourth-order valence-corrected chi connectivity index (χ4v) is 4.39. The molecule has 0 unspecified atom stereocenters. The first-order valence-electron chi connectivity index (χ1n) is 11.3. The third-order valence-corrected chi connectivity index (χ3v) is 6.19. The largest absolute Gasteiger partial charge is 0.508 e. The van der Waals surface area contributed by atoms with E-state index < -0.39 is 0 Å². The number of methoxy groups -OCH3 is 1. The minimum Gasteiger partial charge on any atom is -0.508 e. The minimum absolute atomic E-state index is 0.107. The number of aromatic hydroxyl groups is 1.